The van der Waals surface area contributed by atoms with Gasteiger partial charge in [0.15, 0.2) is 0 Å². The summed E-state index contributed by atoms with van der Waals surface area (Å²) in [5.74, 6) is -0.0376. The van der Waals surface area contributed by atoms with E-state index in [0.29, 0.717) is 31.1 Å². The van der Waals surface area contributed by atoms with Crippen LogP contribution in [0, 0.1) is 11.8 Å². The number of hydrogen-bond donors (Lipinski definition) is 0. The quantitative estimate of drug-likeness (QED) is 0.0557. The average Bonchev–Trinajstić information content (AvgIpc) is 3.12. The summed E-state index contributed by atoms with van der Waals surface area (Å²) in [5.41, 5.74) is -0.638. The number of esters is 3. The van der Waals surface area contributed by atoms with Gasteiger partial charge < -0.3 is 23.7 Å². The molecule has 0 bridgehead atoms. The fraction of sp³-hybridized carbons (Fsp3) is 0.425. The van der Waals surface area contributed by atoms with E-state index in [1.54, 1.807) is 24.3 Å². The van der Waals surface area contributed by atoms with Gasteiger partial charge in [0, 0.05) is 12.1 Å². The van der Waals surface area contributed by atoms with E-state index >= 15 is 0 Å². The van der Waals surface area contributed by atoms with Crippen molar-refractivity contribution in [3.05, 3.63) is 96.1 Å². The first-order valence-corrected chi connectivity index (χ1v) is 17.5. The van der Waals surface area contributed by atoms with Crippen molar-refractivity contribution in [1.29, 1.82) is 0 Å². The second kappa shape index (κ2) is 19.6. The minimum atomic E-state index is -4.54. The van der Waals surface area contributed by atoms with E-state index in [-0.39, 0.29) is 41.6 Å². The number of hydrogen-bond acceptors (Lipinski definition) is 8. The lowest BCUT2D eigenvalue weighted by Crippen LogP contribution is -2.20. The van der Waals surface area contributed by atoms with Gasteiger partial charge in [0.25, 0.3) is 0 Å². The number of ether oxygens (including phenoxy) is 5. The molecule has 1 fully saturated rings. The van der Waals surface area contributed by atoms with Crippen LogP contribution in [-0.2, 0) is 15.7 Å². The first kappa shape index (κ1) is 39.0. The molecule has 0 saturated heterocycles. The van der Waals surface area contributed by atoms with Gasteiger partial charge in [-0.2, -0.15) is 13.2 Å². The third kappa shape index (κ3) is 12.8. The molecule has 11 heteroatoms. The third-order valence-electron chi connectivity index (χ3n) is 8.74. The van der Waals surface area contributed by atoms with Crippen molar-refractivity contribution in [2.24, 2.45) is 11.8 Å². The molecule has 8 nitrogen and oxygen atoms in total. The van der Waals surface area contributed by atoms with Crippen molar-refractivity contribution in [3.63, 3.8) is 0 Å². The maximum atomic E-state index is 13.1. The predicted octanol–water partition coefficient (Wildman–Crippen LogP) is 9.80. The molecule has 1 aliphatic carbocycles. The minimum absolute atomic E-state index is 0.0269. The highest BCUT2D eigenvalue weighted by Crippen LogP contribution is 2.33. The summed E-state index contributed by atoms with van der Waals surface area (Å²) in [7, 11) is 0. The van der Waals surface area contributed by atoms with E-state index in [2.05, 4.69) is 13.5 Å². The van der Waals surface area contributed by atoms with E-state index < -0.39 is 29.6 Å². The summed E-state index contributed by atoms with van der Waals surface area (Å²) in [5, 5.41) is 0. The Morgan fingerprint density at radius 2 is 1.37 bits per heavy atom. The van der Waals surface area contributed by atoms with Crippen LogP contribution in [0.15, 0.2) is 79.4 Å². The maximum Gasteiger partial charge on any atom is 0.416 e. The van der Waals surface area contributed by atoms with Gasteiger partial charge in [-0.3, -0.25) is 0 Å². The summed E-state index contributed by atoms with van der Waals surface area (Å²) in [4.78, 5) is 37.3. The molecule has 0 radical (unpaired) electrons. The zero-order chi connectivity index (χ0) is 36.6. The molecule has 0 aliphatic heterocycles. The number of alkyl halides is 3. The van der Waals surface area contributed by atoms with Gasteiger partial charge in [-0.1, -0.05) is 52.0 Å². The standard InChI is InChI=1S/C40H45F3O8/c1-3-5-6-9-28-10-12-29(13-11-28)27-49-32-18-14-30(15-19-32)38(45)51-34-22-23-35(36(26-34)47-24-7-8-25-48-37(44)4-2)39(46)50-33-20-16-31(17-21-33)40(41,42)43/h4,14-23,26,28-29H,2-3,5-13,24-25,27H2,1H3. The normalized spacial score (nSPS) is 15.8. The van der Waals surface area contributed by atoms with E-state index in [4.69, 9.17) is 23.7 Å². The van der Waals surface area contributed by atoms with E-state index in [1.165, 1.54) is 69.6 Å². The molecule has 1 aliphatic rings. The Morgan fingerprint density at radius 1 is 0.745 bits per heavy atom. The summed E-state index contributed by atoms with van der Waals surface area (Å²) in [6.45, 7) is 6.45. The van der Waals surface area contributed by atoms with Crippen molar-refractivity contribution in [1.82, 2.24) is 0 Å². The predicted molar refractivity (Wildman–Crippen MR) is 185 cm³/mol. The molecule has 0 spiro atoms. The lowest BCUT2D eigenvalue weighted by atomic mass is 9.80. The highest BCUT2D eigenvalue weighted by molar-refractivity contribution is 5.95. The molecule has 0 amide bonds. The lowest BCUT2D eigenvalue weighted by molar-refractivity contribution is -0.138. The maximum absolute atomic E-state index is 13.1. The second-order valence-electron chi connectivity index (χ2n) is 12.6. The fourth-order valence-electron chi connectivity index (χ4n) is 5.78. The van der Waals surface area contributed by atoms with E-state index in [1.807, 2.05) is 0 Å². The second-order valence-corrected chi connectivity index (χ2v) is 12.6. The molecule has 0 heterocycles. The third-order valence-corrected chi connectivity index (χ3v) is 8.74. The number of carbonyl (C=O) groups is 3. The molecule has 0 unspecified atom stereocenters. The molecular weight excluding hydrogens is 665 g/mol. The zero-order valence-corrected chi connectivity index (χ0v) is 28.9. The molecule has 1 saturated carbocycles. The Hall–Kier alpha value is -4.80. The molecule has 0 N–H and O–H groups in total. The molecule has 0 aromatic heterocycles. The summed E-state index contributed by atoms with van der Waals surface area (Å²) in [6.07, 6.45) is 7.47. The highest BCUT2D eigenvalue weighted by Gasteiger charge is 2.30. The van der Waals surface area contributed by atoms with Gasteiger partial charge in [0.05, 0.1) is 30.9 Å². The average molecular weight is 711 g/mol. The van der Waals surface area contributed by atoms with Crippen molar-refractivity contribution in [2.45, 2.75) is 77.3 Å². The van der Waals surface area contributed by atoms with Crippen molar-refractivity contribution < 1.29 is 51.2 Å². The van der Waals surface area contributed by atoms with Crippen molar-refractivity contribution >= 4 is 17.9 Å². The SMILES string of the molecule is C=CC(=O)OCCCCOc1cc(OC(=O)c2ccc(OCC3CCC(CCCCC)CC3)cc2)ccc1C(=O)Oc1ccc(C(F)(F)F)cc1. The minimum Gasteiger partial charge on any atom is -0.493 e. The van der Waals surface area contributed by atoms with Crippen LogP contribution in [0.1, 0.15) is 97.4 Å². The van der Waals surface area contributed by atoms with Crippen LogP contribution < -0.4 is 18.9 Å². The molecule has 3 aromatic carbocycles. The Balaban J connectivity index is 1.35. The van der Waals surface area contributed by atoms with Crippen molar-refractivity contribution in [3.8, 4) is 23.0 Å². The van der Waals surface area contributed by atoms with E-state index in [0.717, 1.165) is 36.3 Å². The summed E-state index contributed by atoms with van der Waals surface area (Å²) < 4.78 is 66.5. The number of halogens is 3. The summed E-state index contributed by atoms with van der Waals surface area (Å²) in [6, 6.07) is 14.5. The Kier molecular flexibility index (Phi) is 15.0. The van der Waals surface area contributed by atoms with Gasteiger partial charge in [0.2, 0.25) is 0 Å². The molecule has 0 atom stereocenters. The molecule has 3 aromatic rings. The van der Waals surface area contributed by atoms with Gasteiger partial charge in [-0.25, -0.2) is 14.4 Å². The highest BCUT2D eigenvalue weighted by atomic mass is 19.4. The first-order chi connectivity index (χ1) is 24.5. The first-order valence-electron chi connectivity index (χ1n) is 17.5. The van der Waals surface area contributed by atoms with E-state index in [9.17, 15) is 27.6 Å². The van der Waals surface area contributed by atoms with Crippen molar-refractivity contribution in [2.75, 3.05) is 19.8 Å². The molecule has 274 valence electrons. The van der Waals surface area contributed by atoms with Crippen LogP contribution >= 0.6 is 0 Å². The molecular formula is C40H45F3O8. The Bertz CT molecular complexity index is 1580. The van der Waals surface area contributed by atoms with Crippen LogP contribution in [0.25, 0.3) is 0 Å². The van der Waals surface area contributed by atoms with Crippen LogP contribution in [0.4, 0.5) is 13.2 Å². The largest absolute Gasteiger partial charge is 0.493 e. The Morgan fingerprint density at radius 3 is 2.04 bits per heavy atom. The smallest absolute Gasteiger partial charge is 0.416 e. The zero-order valence-electron chi connectivity index (χ0n) is 28.9. The lowest BCUT2D eigenvalue weighted by Gasteiger charge is -2.28. The number of rotatable bonds is 18. The van der Waals surface area contributed by atoms with Crippen LogP contribution in [0.3, 0.4) is 0 Å². The number of benzene rings is 3. The molecule has 4 rings (SSSR count). The monoisotopic (exact) mass is 710 g/mol. The van der Waals surface area contributed by atoms with Gasteiger partial charge in [-0.15, -0.1) is 0 Å². The number of carbonyl (C=O) groups excluding carboxylic acids is 3. The molecule has 51 heavy (non-hydrogen) atoms. The Labute approximate surface area is 296 Å². The van der Waals surface area contributed by atoms with Crippen LogP contribution in [0.2, 0.25) is 0 Å². The summed E-state index contributed by atoms with van der Waals surface area (Å²) >= 11 is 0. The van der Waals surface area contributed by atoms with Crippen LogP contribution in [0.5, 0.6) is 23.0 Å². The fourth-order valence-corrected chi connectivity index (χ4v) is 5.78. The van der Waals surface area contributed by atoms with Crippen LogP contribution in [-0.4, -0.2) is 37.7 Å². The van der Waals surface area contributed by atoms with Gasteiger partial charge in [0.1, 0.15) is 28.6 Å². The number of unbranched alkanes of at least 4 members (excludes halogenated alkanes) is 3. The van der Waals surface area contributed by atoms with Gasteiger partial charge in [-0.05, 0) is 98.2 Å². The topological polar surface area (TPSA) is 97.4 Å². The van der Waals surface area contributed by atoms with Gasteiger partial charge >= 0.3 is 24.1 Å².